The third kappa shape index (κ3) is 5.82. The summed E-state index contributed by atoms with van der Waals surface area (Å²) < 4.78 is 23.6. The molecule has 20 heavy (non-hydrogen) atoms. The summed E-state index contributed by atoms with van der Waals surface area (Å²) in [7, 11) is -2.46. The first kappa shape index (κ1) is 18.1. The number of rotatable bonds is 10. The second-order valence-corrected chi connectivity index (χ2v) is 7.92. The van der Waals surface area contributed by atoms with Crippen molar-refractivity contribution < 1.29 is 18.0 Å². The van der Waals surface area contributed by atoms with E-state index in [4.69, 9.17) is 18.0 Å². The predicted molar refractivity (Wildman–Crippen MR) is 82.8 cm³/mol. The Bertz CT molecular complexity index is 225. The third-order valence-electron chi connectivity index (χ3n) is 3.83. The van der Waals surface area contributed by atoms with Crippen LogP contribution in [-0.4, -0.2) is 41.3 Å². The van der Waals surface area contributed by atoms with Crippen LogP contribution >= 0.6 is 0 Å². The normalized spacial score (nSPS) is 24.0. The van der Waals surface area contributed by atoms with Crippen molar-refractivity contribution in [3.63, 3.8) is 0 Å². The summed E-state index contributed by atoms with van der Waals surface area (Å²) in [5.74, 6) is 0.656. The first-order chi connectivity index (χ1) is 9.69. The zero-order valence-corrected chi connectivity index (χ0v) is 14.7. The van der Waals surface area contributed by atoms with Crippen molar-refractivity contribution in [3.8, 4) is 0 Å². The summed E-state index contributed by atoms with van der Waals surface area (Å²) in [5.41, 5.74) is 0. The van der Waals surface area contributed by atoms with E-state index in [1.54, 1.807) is 0 Å². The van der Waals surface area contributed by atoms with Gasteiger partial charge in [0.2, 0.25) is 0 Å². The van der Waals surface area contributed by atoms with E-state index in [2.05, 4.69) is 6.92 Å². The zero-order valence-electron chi connectivity index (χ0n) is 13.7. The van der Waals surface area contributed by atoms with Crippen LogP contribution in [0.5, 0.6) is 0 Å². The highest BCUT2D eigenvalue weighted by molar-refractivity contribution is 6.60. The van der Waals surface area contributed by atoms with Crippen LogP contribution in [0.1, 0.15) is 53.4 Å². The van der Waals surface area contributed by atoms with Gasteiger partial charge in [0.15, 0.2) is 0 Å². The van der Waals surface area contributed by atoms with Crippen LogP contribution in [0.3, 0.4) is 0 Å². The molecule has 120 valence electrons. The Labute approximate surface area is 125 Å². The van der Waals surface area contributed by atoms with Crippen molar-refractivity contribution in [1.82, 2.24) is 0 Å². The second-order valence-electron chi connectivity index (χ2n) is 5.28. The van der Waals surface area contributed by atoms with Gasteiger partial charge in [-0.05, 0) is 59.3 Å². The fourth-order valence-electron chi connectivity index (χ4n) is 3.05. The van der Waals surface area contributed by atoms with Crippen molar-refractivity contribution >= 4 is 8.80 Å². The van der Waals surface area contributed by atoms with E-state index in [0.717, 1.165) is 25.5 Å². The molecule has 1 aliphatic rings. The van der Waals surface area contributed by atoms with Crippen LogP contribution in [0.2, 0.25) is 6.04 Å². The van der Waals surface area contributed by atoms with Crippen molar-refractivity contribution in [1.29, 1.82) is 0 Å². The topological polar surface area (TPSA) is 36.9 Å². The van der Waals surface area contributed by atoms with Crippen molar-refractivity contribution in [2.24, 2.45) is 5.92 Å². The van der Waals surface area contributed by atoms with Crippen LogP contribution in [0.25, 0.3) is 0 Å². The minimum atomic E-state index is -2.46. The highest BCUT2D eigenvalue weighted by Gasteiger charge is 2.43. The predicted octanol–water partition coefficient (Wildman–Crippen LogP) is 3.63. The molecule has 0 atom stereocenters. The summed E-state index contributed by atoms with van der Waals surface area (Å²) in [6.07, 6.45) is 5.18. The minimum Gasteiger partial charge on any atom is -0.379 e. The summed E-state index contributed by atoms with van der Waals surface area (Å²) >= 11 is 0. The maximum absolute atomic E-state index is 5.95. The molecule has 0 spiro atoms. The van der Waals surface area contributed by atoms with E-state index in [0.29, 0.717) is 31.8 Å². The van der Waals surface area contributed by atoms with Gasteiger partial charge in [0.05, 0.1) is 6.10 Å². The van der Waals surface area contributed by atoms with Crippen molar-refractivity contribution in [2.45, 2.75) is 65.5 Å². The molecule has 0 radical (unpaired) electrons. The van der Waals surface area contributed by atoms with Gasteiger partial charge in [-0.2, -0.15) is 0 Å². The molecule has 1 saturated carbocycles. The molecular weight excluding hydrogens is 272 g/mol. The molecule has 0 N–H and O–H groups in total. The highest BCUT2D eigenvalue weighted by atomic mass is 28.4. The SMILES string of the molecule is CCOC1CCC(C[Si](OCC)(OCC)OCC)CC1. The molecule has 0 aliphatic heterocycles. The van der Waals surface area contributed by atoms with Crippen molar-refractivity contribution in [3.05, 3.63) is 0 Å². The molecule has 0 amide bonds. The summed E-state index contributed by atoms with van der Waals surface area (Å²) in [5, 5.41) is 0. The Morgan fingerprint density at radius 3 is 1.65 bits per heavy atom. The Kier molecular flexibility index (Phi) is 8.96. The van der Waals surface area contributed by atoms with Crippen LogP contribution in [-0.2, 0) is 18.0 Å². The van der Waals surface area contributed by atoms with Gasteiger partial charge in [-0.15, -0.1) is 0 Å². The van der Waals surface area contributed by atoms with E-state index < -0.39 is 8.80 Å². The van der Waals surface area contributed by atoms with Crippen LogP contribution < -0.4 is 0 Å². The Hall–Kier alpha value is 0.0569. The Balaban J connectivity index is 2.52. The van der Waals surface area contributed by atoms with Gasteiger partial charge >= 0.3 is 8.80 Å². The monoisotopic (exact) mass is 304 g/mol. The lowest BCUT2D eigenvalue weighted by molar-refractivity contribution is 0.0213. The Morgan fingerprint density at radius 2 is 1.25 bits per heavy atom. The van der Waals surface area contributed by atoms with E-state index in [-0.39, 0.29) is 0 Å². The number of hydrogen-bond donors (Lipinski definition) is 0. The number of ether oxygens (including phenoxy) is 1. The summed E-state index contributed by atoms with van der Waals surface area (Å²) in [6, 6.07) is 0.960. The average Bonchev–Trinajstić information content (AvgIpc) is 2.42. The molecule has 1 fully saturated rings. The smallest absolute Gasteiger partial charge is 0.379 e. The maximum atomic E-state index is 5.95. The average molecular weight is 305 g/mol. The van der Waals surface area contributed by atoms with Gasteiger partial charge in [0.1, 0.15) is 0 Å². The largest absolute Gasteiger partial charge is 0.501 e. The van der Waals surface area contributed by atoms with Gasteiger partial charge in [-0.3, -0.25) is 0 Å². The molecular formula is C15H32O4Si. The molecule has 0 bridgehead atoms. The van der Waals surface area contributed by atoms with Crippen molar-refractivity contribution in [2.75, 3.05) is 26.4 Å². The van der Waals surface area contributed by atoms with Crippen LogP contribution in [0.4, 0.5) is 0 Å². The molecule has 4 nitrogen and oxygen atoms in total. The second kappa shape index (κ2) is 9.90. The highest BCUT2D eigenvalue weighted by Crippen LogP contribution is 2.33. The summed E-state index contributed by atoms with van der Waals surface area (Å²) in [4.78, 5) is 0. The lowest BCUT2D eigenvalue weighted by atomic mass is 9.89. The first-order valence-electron chi connectivity index (χ1n) is 8.23. The first-order valence-corrected chi connectivity index (χ1v) is 10.2. The zero-order chi connectivity index (χ0) is 14.8. The van der Waals surface area contributed by atoms with E-state index in [9.17, 15) is 0 Å². The number of hydrogen-bond acceptors (Lipinski definition) is 4. The lowest BCUT2D eigenvalue weighted by Crippen LogP contribution is -2.48. The molecule has 0 aromatic carbocycles. The lowest BCUT2D eigenvalue weighted by Gasteiger charge is -2.34. The fourth-order valence-corrected chi connectivity index (χ4v) is 6.09. The van der Waals surface area contributed by atoms with Gasteiger partial charge in [-0.1, -0.05) is 0 Å². The summed E-state index contributed by atoms with van der Waals surface area (Å²) in [6.45, 7) is 11.0. The van der Waals surface area contributed by atoms with Gasteiger partial charge in [-0.25, -0.2) is 0 Å². The Morgan fingerprint density at radius 1 is 0.750 bits per heavy atom. The fraction of sp³-hybridized carbons (Fsp3) is 1.00. The van der Waals surface area contributed by atoms with Crippen LogP contribution in [0.15, 0.2) is 0 Å². The van der Waals surface area contributed by atoms with Crippen LogP contribution in [0, 0.1) is 5.92 Å². The molecule has 5 heteroatoms. The van der Waals surface area contributed by atoms with Gasteiger partial charge < -0.3 is 18.0 Å². The molecule has 0 saturated heterocycles. The van der Waals surface area contributed by atoms with Gasteiger partial charge in [0.25, 0.3) is 0 Å². The molecule has 0 aromatic heterocycles. The quantitative estimate of drug-likeness (QED) is 0.578. The molecule has 1 aliphatic carbocycles. The van der Waals surface area contributed by atoms with E-state index >= 15 is 0 Å². The molecule has 0 unspecified atom stereocenters. The minimum absolute atomic E-state index is 0.457. The maximum Gasteiger partial charge on any atom is 0.501 e. The van der Waals surface area contributed by atoms with E-state index in [1.165, 1.54) is 12.8 Å². The molecule has 0 aromatic rings. The molecule has 0 heterocycles. The standard InChI is InChI=1S/C15H32O4Si/c1-5-16-15-11-9-14(10-12-15)13-20(17-6-2,18-7-3)19-8-4/h14-15H,5-13H2,1-4H3. The third-order valence-corrected chi connectivity index (χ3v) is 7.09. The molecule has 1 rings (SSSR count). The van der Waals surface area contributed by atoms with E-state index in [1.807, 2.05) is 20.8 Å². The van der Waals surface area contributed by atoms with Gasteiger partial charge in [0, 0.05) is 32.5 Å².